The lowest BCUT2D eigenvalue weighted by Gasteiger charge is -2.10. The number of benzene rings is 1. The maximum absolute atomic E-state index is 11.7. The number of aliphatic hydroxyl groups excluding tert-OH is 1. The predicted octanol–water partition coefficient (Wildman–Crippen LogP) is 1.40. The molecular weight excluding hydrogens is 212 g/mol. The van der Waals surface area contributed by atoms with E-state index in [9.17, 15) is 13.5 Å². The smallest absolute Gasteiger partial charge is 0.181 e. The van der Waals surface area contributed by atoms with Crippen LogP contribution < -0.4 is 0 Å². The minimum Gasteiger partial charge on any atom is -0.388 e. The fraction of sp³-hybridized carbons (Fsp3) is 0.273. The summed E-state index contributed by atoms with van der Waals surface area (Å²) in [5.74, 6) is -0.313. The highest BCUT2D eigenvalue weighted by Gasteiger charge is 2.19. The van der Waals surface area contributed by atoms with Crippen molar-refractivity contribution in [3.05, 3.63) is 42.5 Å². The minimum atomic E-state index is -3.42. The molecular formula is C11H14O3S. The van der Waals surface area contributed by atoms with Crippen molar-refractivity contribution in [1.82, 2.24) is 0 Å². The maximum Gasteiger partial charge on any atom is 0.181 e. The van der Waals surface area contributed by atoms with Crippen LogP contribution in [0.25, 0.3) is 0 Å². The first-order chi connectivity index (χ1) is 6.93. The molecule has 1 rings (SSSR count). The Kier molecular flexibility index (Phi) is 3.66. The van der Waals surface area contributed by atoms with Gasteiger partial charge in [0.1, 0.15) is 0 Å². The first kappa shape index (κ1) is 11.9. The van der Waals surface area contributed by atoms with Crippen LogP contribution in [0.1, 0.15) is 6.92 Å². The van der Waals surface area contributed by atoms with E-state index >= 15 is 0 Å². The van der Waals surface area contributed by atoms with Crippen LogP contribution in [0, 0.1) is 0 Å². The first-order valence-electron chi connectivity index (χ1n) is 4.55. The van der Waals surface area contributed by atoms with Gasteiger partial charge in [0.25, 0.3) is 0 Å². The van der Waals surface area contributed by atoms with Gasteiger partial charge in [-0.3, -0.25) is 0 Å². The van der Waals surface area contributed by atoms with Crippen molar-refractivity contribution in [2.24, 2.45) is 0 Å². The molecule has 0 aliphatic heterocycles. The van der Waals surface area contributed by atoms with E-state index in [1.54, 1.807) is 25.1 Å². The maximum atomic E-state index is 11.7. The van der Waals surface area contributed by atoms with Crippen molar-refractivity contribution in [2.45, 2.75) is 17.9 Å². The molecule has 1 unspecified atom stereocenters. The predicted molar refractivity (Wildman–Crippen MR) is 59.3 cm³/mol. The molecule has 82 valence electrons. The molecule has 0 amide bonds. The number of aliphatic hydroxyl groups is 1. The van der Waals surface area contributed by atoms with Crippen molar-refractivity contribution in [1.29, 1.82) is 0 Å². The molecule has 0 saturated heterocycles. The second-order valence-corrected chi connectivity index (χ2v) is 5.49. The number of rotatable bonds is 4. The quantitative estimate of drug-likeness (QED) is 0.789. The Morgan fingerprint density at radius 1 is 1.40 bits per heavy atom. The minimum absolute atomic E-state index is 0.227. The summed E-state index contributed by atoms with van der Waals surface area (Å²) < 4.78 is 23.5. The lowest BCUT2D eigenvalue weighted by atomic mass is 10.2. The molecule has 0 radical (unpaired) electrons. The zero-order valence-corrected chi connectivity index (χ0v) is 9.37. The molecule has 0 bridgehead atoms. The van der Waals surface area contributed by atoms with Crippen molar-refractivity contribution in [3.63, 3.8) is 0 Å². The van der Waals surface area contributed by atoms with Crippen LogP contribution >= 0.6 is 0 Å². The fourth-order valence-corrected chi connectivity index (χ4v) is 2.54. The van der Waals surface area contributed by atoms with Gasteiger partial charge in [0.2, 0.25) is 0 Å². The van der Waals surface area contributed by atoms with E-state index in [0.717, 1.165) is 0 Å². The molecule has 1 N–H and O–H groups in total. The van der Waals surface area contributed by atoms with Crippen LogP contribution in [0.4, 0.5) is 0 Å². The Morgan fingerprint density at radius 2 is 1.93 bits per heavy atom. The first-order valence-corrected chi connectivity index (χ1v) is 6.20. The lowest BCUT2D eigenvalue weighted by molar-refractivity contribution is 0.234. The van der Waals surface area contributed by atoms with Crippen molar-refractivity contribution in [2.75, 3.05) is 5.75 Å². The zero-order valence-electron chi connectivity index (χ0n) is 8.55. The molecule has 0 aliphatic carbocycles. The van der Waals surface area contributed by atoms with Crippen molar-refractivity contribution in [3.8, 4) is 0 Å². The molecule has 1 atom stereocenters. The van der Waals surface area contributed by atoms with Crippen LogP contribution in [0.5, 0.6) is 0 Å². The molecule has 0 fully saturated rings. The third-order valence-corrected chi connectivity index (χ3v) is 3.79. The third-order valence-electron chi connectivity index (χ3n) is 2.05. The van der Waals surface area contributed by atoms with E-state index < -0.39 is 15.9 Å². The van der Waals surface area contributed by atoms with Gasteiger partial charge in [0.05, 0.1) is 16.8 Å². The summed E-state index contributed by atoms with van der Waals surface area (Å²) in [6.07, 6.45) is -1.00. The molecule has 0 heterocycles. The van der Waals surface area contributed by atoms with Gasteiger partial charge in [-0.05, 0) is 19.1 Å². The van der Waals surface area contributed by atoms with Gasteiger partial charge in [-0.25, -0.2) is 8.42 Å². The molecule has 1 aromatic rings. The average molecular weight is 226 g/mol. The molecule has 1 aromatic carbocycles. The zero-order chi connectivity index (χ0) is 11.5. The summed E-state index contributed by atoms with van der Waals surface area (Å²) >= 11 is 0. The summed E-state index contributed by atoms with van der Waals surface area (Å²) in [6, 6.07) is 8.08. The molecule has 0 spiro atoms. The van der Waals surface area contributed by atoms with E-state index in [4.69, 9.17) is 0 Å². The van der Waals surface area contributed by atoms with Gasteiger partial charge in [-0.2, -0.15) is 0 Å². The fourth-order valence-electron chi connectivity index (χ4n) is 1.07. The highest BCUT2D eigenvalue weighted by molar-refractivity contribution is 7.91. The molecule has 4 heteroatoms. The Hall–Kier alpha value is -1.13. The van der Waals surface area contributed by atoms with Crippen LogP contribution in [0.15, 0.2) is 47.4 Å². The van der Waals surface area contributed by atoms with Gasteiger partial charge in [-0.15, -0.1) is 0 Å². The Bertz CT molecular complexity index is 434. The topological polar surface area (TPSA) is 54.4 Å². The summed E-state index contributed by atoms with van der Waals surface area (Å²) in [5, 5.41) is 9.44. The lowest BCUT2D eigenvalue weighted by Crippen LogP contribution is -2.21. The average Bonchev–Trinajstić information content (AvgIpc) is 2.18. The Balaban J connectivity index is 2.91. The monoisotopic (exact) mass is 226 g/mol. The van der Waals surface area contributed by atoms with Crippen LogP contribution in [0.2, 0.25) is 0 Å². The third kappa shape index (κ3) is 3.18. The SMILES string of the molecule is C=C(C)C(O)CS(=O)(=O)c1ccccc1. The van der Waals surface area contributed by atoms with Crippen LogP contribution in [0.3, 0.4) is 0 Å². The molecule has 15 heavy (non-hydrogen) atoms. The standard InChI is InChI=1S/C11H14O3S/c1-9(2)11(12)8-15(13,14)10-6-4-3-5-7-10/h3-7,11-12H,1,8H2,2H3. The number of hydrogen-bond acceptors (Lipinski definition) is 3. The molecule has 0 aliphatic rings. The highest BCUT2D eigenvalue weighted by Crippen LogP contribution is 2.13. The summed E-state index contributed by atoms with van der Waals surface area (Å²) in [7, 11) is -3.42. The summed E-state index contributed by atoms with van der Waals surface area (Å²) in [6.45, 7) is 5.12. The van der Waals surface area contributed by atoms with Crippen LogP contribution in [-0.4, -0.2) is 25.4 Å². The highest BCUT2D eigenvalue weighted by atomic mass is 32.2. The van der Waals surface area contributed by atoms with Gasteiger partial charge >= 0.3 is 0 Å². The molecule has 0 aromatic heterocycles. The largest absolute Gasteiger partial charge is 0.388 e. The second-order valence-electron chi connectivity index (χ2n) is 3.46. The Morgan fingerprint density at radius 3 is 2.40 bits per heavy atom. The molecule has 0 saturated carbocycles. The number of hydrogen-bond donors (Lipinski definition) is 1. The van der Waals surface area contributed by atoms with Gasteiger partial charge < -0.3 is 5.11 Å². The van der Waals surface area contributed by atoms with Gasteiger partial charge in [0.15, 0.2) is 9.84 Å². The normalized spacial score (nSPS) is 13.5. The van der Waals surface area contributed by atoms with E-state index in [1.165, 1.54) is 12.1 Å². The van der Waals surface area contributed by atoms with Gasteiger partial charge in [-0.1, -0.05) is 30.4 Å². The molecule has 3 nitrogen and oxygen atoms in total. The van der Waals surface area contributed by atoms with E-state index in [2.05, 4.69) is 6.58 Å². The Labute approximate surface area is 90.0 Å². The number of sulfone groups is 1. The van der Waals surface area contributed by atoms with E-state index in [1.807, 2.05) is 0 Å². The second kappa shape index (κ2) is 4.59. The van der Waals surface area contributed by atoms with Crippen LogP contribution in [-0.2, 0) is 9.84 Å². The van der Waals surface area contributed by atoms with Gasteiger partial charge in [0, 0.05) is 0 Å². The summed E-state index contributed by atoms with van der Waals surface area (Å²) in [4.78, 5) is 0.227. The van der Waals surface area contributed by atoms with Crippen molar-refractivity contribution < 1.29 is 13.5 Å². The van der Waals surface area contributed by atoms with Crippen molar-refractivity contribution >= 4 is 9.84 Å². The summed E-state index contributed by atoms with van der Waals surface area (Å²) in [5.41, 5.74) is 0.453. The van der Waals surface area contributed by atoms with E-state index in [0.29, 0.717) is 5.57 Å². The van der Waals surface area contributed by atoms with E-state index in [-0.39, 0.29) is 10.6 Å².